The van der Waals surface area contributed by atoms with Crippen LogP contribution < -0.4 is 5.32 Å². The number of nitrogens with one attached hydrogen (secondary N) is 1. The summed E-state index contributed by atoms with van der Waals surface area (Å²) in [6.07, 6.45) is 2.41. The standard InChI is InChI=1S/C11H21N3O/c1-5-8(2)6-9(3)12-7-11-14-13-10(4)15-11/h8-9,12H,5-7H2,1-4H3. The Morgan fingerprint density at radius 1 is 1.33 bits per heavy atom. The maximum atomic E-state index is 5.28. The van der Waals surface area contributed by atoms with Crippen LogP contribution in [-0.4, -0.2) is 16.2 Å². The van der Waals surface area contributed by atoms with Gasteiger partial charge in [-0.3, -0.25) is 0 Å². The third kappa shape index (κ3) is 4.42. The molecule has 2 unspecified atom stereocenters. The summed E-state index contributed by atoms with van der Waals surface area (Å²) in [5.74, 6) is 2.06. The molecule has 2 atom stereocenters. The van der Waals surface area contributed by atoms with Crippen molar-refractivity contribution in [3.05, 3.63) is 11.8 Å². The van der Waals surface area contributed by atoms with E-state index in [0.717, 1.165) is 5.92 Å². The van der Waals surface area contributed by atoms with Crippen molar-refractivity contribution in [2.24, 2.45) is 5.92 Å². The highest BCUT2D eigenvalue weighted by Gasteiger charge is 2.08. The summed E-state index contributed by atoms with van der Waals surface area (Å²) in [7, 11) is 0. The van der Waals surface area contributed by atoms with Crippen LogP contribution in [0.3, 0.4) is 0 Å². The highest BCUT2D eigenvalue weighted by Crippen LogP contribution is 2.09. The van der Waals surface area contributed by atoms with E-state index in [1.807, 2.05) is 0 Å². The molecule has 0 bridgehead atoms. The summed E-state index contributed by atoms with van der Waals surface area (Å²) in [6.45, 7) is 9.15. The van der Waals surface area contributed by atoms with Gasteiger partial charge in [0.15, 0.2) is 0 Å². The first kappa shape index (κ1) is 12.2. The Kier molecular flexibility index (Phi) is 4.75. The summed E-state index contributed by atoms with van der Waals surface area (Å²) in [5, 5.41) is 11.1. The van der Waals surface area contributed by atoms with Crippen molar-refractivity contribution in [2.75, 3.05) is 0 Å². The molecule has 0 aliphatic carbocycles. The molecule has 4 heteroatoms. The van der Waals surface area contributed by atoms with Gasteiger partial charge in [0.05, 0.1) is 6.54 Å². The Hall–Kier alpha value is -0.900. The predicted octanol–water partition coefficient (Wildman–Crippen LogP) is 2.29. The van der Waals surface area contributed by atoms with Gasteiger partial charge in [0.2, 0.25) is 11.8 Å². The summed E-state index contributed by atoms with van der Waals surface area (Å²) in [6, 6.07) is 0.493. The van der Waals surface area contributed by atoms with Crippen LogP contribution in [0.2, 0.25) is 0 Å². The van der Waals surface area contributed by atoms with Crippen LogP contribution in [0.4, 0.5) is 0 Å². The second kappa shape index (κ2) is 5.85. The lowest BCUT2D eigenvalue weighted by molar-refractivity contribution is 0.382. The van der Waals surface area contributed by atoms with Crippen molar-refractivity contribution in [1.29, 1.82) is 0 Å². The van der Waals surface area contributed by atoms with E-state index in [-0.39, 0.29) is 0 Å². The van der Waals surface area contributed by atoms with Crippen LogP contribution in [-0.2, 0) is 6.54 Å². The Labute approximate surface area is 91.5 Å². The van der Waals surface area contributed by atoms with Gasteiger partial charge in [-0.25, -0.2) is 0 Å². The van der Waals surface area contributed by atoms with Gasteiger partial charge in [-0.1, -0.05) is 20.3 Å². The maximum Gasteiger partial charge on any atom is 0.230 e. The molecule has 86 valence electrons. The van der Waals surface area contributed by atoms with E-state index in [4.69, 9.17) is 4.42 Å². The molecule has 1 rings (SSSR count). The van der Waals surface area contributed by atoms with Crippen molar-refractivity contribution in [3.8, 4) is 0 Å². The van der Waals surface area contributed by atoms with Crippen LogP contribution in [0.15, 0.2) is 4.42 Å². The predicted molar refractivity (Wildman–Crippen MR) is 59.4 cm³/mol. The van der Waals surface area contributed by atoms with Gasteiger partial charge in [0.25, 0.3) is 0 Å². The molecule has 0 saturated carbocycles. The van der Waals surface area contributed by atoms with Gasteiger partial charge in [-0.2, -0.15) is 0 Å². The monoisotopic (exact) mass is 211 g/mol. The SMILES string of the molecule is CCC(C)CC(C)NCc1nnc(C)o1. The molecule has 4 nitrogen and oxygen atoms in total. The second-order valence-corrected chi connectivity index (χ2v) is 4.25. The molecule has 0 aliphatic rings. The van der Waals surface area contributed by atoms with Gasteiger partial charge in [-0.05, 0) is 19.3 Å². The smallest absolute Gasteiger partial charge is 0.230 e. The zero-order valence-corrected chi connectivity index (χ0v) is 10.1. The van der Waals surface area contributed by atoms with Crippen LogP contribution in [0.5, 0.6) is 0 Å². The molecule has 0 aromatic carbocycles. The number of nitrogens with zero attached hydrogens (tertiary/aromatic N) is 2. The van der Waals surface area contributed by atoms with Gasteiger partial charge >= 0.3 is 0 Å². The highest BCUT2D eigenvalue weighted by molar-refractivity contribution is 4.79. The Morgan fingerprint density at radius 3 is 2.60 bits per heavy atom. The van der Waals surface area contributed by atoms with Crippen LogP contribution >= 0.6 is 0 Å². The summed E-state index contributed by atoms with van der Waals surface area (Å²) < 4.78 is 5.28. The second-order valence-electron chi connectivity index (χ2n) is 4.25. The van der Waals surface area contributed by atoms with E-state index in [0.29, 0.717) is 24.4 Å². The normalized spacial score (nSPS) is 15.2. The molecule has 1 N–H and O–H groups in total. The number of aromatic nitrogens is 2. The molecule has 0 radical (unpaired) electrons. The maximum absolute atomic E-state index is 5.28. The van der Waals surface area contributed by atoms with Crippen molar-refractivity contribution < 1.29 is 4.42 Å². The van der Waals surface area contributed by atoms with Gasteiger partial charge in [0, 0.05) is 13.0 Å². The quantitative estimate of drug-likeness (QED) is 0.784. The number of rotatable bonds is 6. The minimum Gasteiger partial charge on any atom is -0.424 e. The number of hydrogen-bond donors (Lipinski definition) is 1. The van der Waals surface area contributed by atoms with Crippen molar-refractivity contribution in [3.63, 3.8) is 0 Å². The largest absolute Gasteiger partial charge is 0.424 e. The fourth-order valence-corrected chi connectivity index (χ4v) is 1.52. The van der Waals surface area contributed by atoms with Crippen LogP contribution in [0, 0.1) is 12.8 Å². The molecule has 1 heterocycles. The minimum atomic E-state index is 0.493. The molecule has 0 saturated heterocycles. The van der Waals surface area contributed by atoms with Gasteiger partial charge < -0.3 is 9.73 Å². The highest BCUT2D eigenvalue weighted by atomic mass is 16.4. The third-order valence-corrected chi connectivity index (χ3v) is 2.62. The Bertz CT molecular complexity index is 285. The van der Waals surface area contributed by atoms with Crippen molar-refractivity contribution >= 4 is 0 Å². The van der Waals surface area contributed by atoms with E-state index in [9.17, 15) is 0 Å². The fourth-order valence-electron chi connectivity index (χ4n) is 1.52. The molecule has 15 heavy (non-hydrogen) atoms. The van der Waals surface area contributed by atoms with E-state index in [1.54, 1.807) is 6.92 Å². The third-order valence-electron chi connectivity index (χ3n) is 2.62. The first-order valence-electron chi connectivity index (χ1n) is 5.64. The Morgan fingerprint density at radius 2 is 2.07 bits per heavy atom. The molecular formula is C11H21N3O. The topological polar surface area (TPSA) is 51.0 Å². The summed E-state index contributed by atoms with van der Waals surface area (Å²) in [5.41, 5.74) is 0. The Balaban J connectivity index is 2.25. The molecular weight excluding hydrogens is 190 g/mol. The minimum absolute atomic E-state index is 0.493. The molecule has 0 fully saturated rings. The molecule has 1 aromatic heterocycles. The fraction of sp³-hybridized carbons (Fsp3) is 0.818. The van der Waals surface area contributed by atoms with E-state index in [1.165, 1.54) is 12.8 Å². The molecule has 0 amide bonds. The number of aryl methyl sites for hydroxylation is 1. The lowest BCUT2D eigenvalue weighted by atomic mass is 10.0. The van der Waals surface area contributed by atoms with Crippen molar-refractivity contribution in [2.45, 2.75) is 53.1 Å². The molecule has 1 aromatic rings. The van der Waals surface area contributed by atoms with Crippen LogP contribution in [0.25, 0.3) is 0 Å². The van der Waals surface area contributed by atoms with E-state index < -0.39 is 0 Å². The van der Waals surface area contributed by atoms with E-state index >= 15 is 0 Å². The zero-order valence-electron chi connectivity index (χ0n) is 10.1. The average molecular weight is 211 g/mol. The number of hydrogen-bond acceptors (Lipinski definition) is 4. The van der Waals surface area contributed by atoms with Gasteiger partial charge in [-0.15, -0.1) is 10.2 Å². The molecule has 0 aliphatic heterocycles. The summed E-state index contributed by atoms with van der Waals surface area (Å²) in [4.78, 5) is 0. The first-order valence-corrected chi connectivity index (χ1v) is 5.64. The van der Waals surface area contributed by atoms with Gasteiger partial charge in [0.1, 0.15) is 0 Å². The van der Waals surface area contributed by atoms with Crippen molar-refractivity contribution in [1.82, 2.24) is 15.5 Å². The summed E-state index contributed by atoms with van der Waals surface area (Å²) >= 11 is 0. The van der Waals surface area contributed by atoms with E-state index in [2.05, 4.69) is 36.3 Å². The first-order chi connectivity index (χ1) is 7.11. The average Bonchev–Trinajstić information content (AvgIpc) is 2.61. The lowest BCUT2D eigenvalue weighted by Gasteiger charge is -2.16. The van der Waals surface area contributed by atoms with Crippen LogP contribution in [0.1, 0.15) is 45.4 Å². The lowest BCUT2D eigenvalue weighted by Crippen LogP contribution is -2.27. The molecule has 0 spiro atoms. The zero-order chi connectivity index (χ0) is 11.3.